The van der Waals surface area contributed by atoms with Gasteiger partial charge in [-0.3, -0.25) is 9.69 Å². The summed E-state index contributed by atoms with van der Waals surface area (Å²) in [7, 11) is 0. The number of amides is 1. The van der Waals surface area contributed by atoms with Gasteiger partial charge in [-0.05, 0) is 54.1 Å². The van der Waals surface area contributed by atoms with Gasteiger partial charge in [0, 0.05) is 16.9 Å². The molecule has 1 aliphatic rings. The van der Waals surface area contributed by atoms with Crippen LogP contribution in [0, 0.1) is 0 Å². The molecule has 2 aromatic carbocycles. The first-order valence-electron chi connectivity index (χ1n) is 8.99. The largest absolute Gasteiger partial charge is 0.478 e. The molecule has 1 fully saturated rings. The van der Waals surface area contributed by atoms with Gasteiger partial charge in [-0.1, -0.05) is 59.5 Å². The number of carbonyl (C=O) groups excluding carboxylic acids is 1. The third-order valence-electron chi connectivity index (χ3n) is 4.34. The Morgan fingerprint density at radius 3 is 2.52 bits per heavy atom. The smallest absolute Gasteiger partial charge is 0.335 e. The van der Waals surface area contributed by atoms with Crippen LogP contribution in [0.2, 0.25) is 5.02 Å². The van der Waals surface area contributed by atoms with Gasteiger partial charge in [0.05, 0.1) is 16.2 Å². The first-order valence-corrected chi connectivity index (χ1v) is 11.6. The molecule has 1 saturated heterocycles. The first kappa shape index (κ1) is 21.7. The lowest BCUT2D eigenvalue weighted by molar-refractivity contribution is -0.113. The Morgan fingerprint density at radius 2 is 1.84 bits per heavy atom. The van der Waals surface area contributed by atoms with E-state index < -0.39 is 5.97 Å². The van der Waals surface area contributed by atoms with Gasteiger partial charge in [0.2, 0.25) is 0 Å². The third kappa shape index (κ3) is 5.04. The van der Waals surface area contributed by atoms with Crippen molar-refractivity contribution in [3.05, 3.63) is 87.5 Å². The van der Waals surface area contributed by atoms with Crippen LogP contribution in [0.25, 0.3) is 6.08 Å². The highest BCUT2D eigenvalue weighted by atomic mass is 35.5. The summed E-state index contributed by atoms with van der Waals surface area (Å²) in [5.74, 6) is -0.0111. The van der Waals surface area contributed by atoms with Crippen molar-refractivity contribution in [2.75, 3.05) is 4.90 Å². The quantitative estimate of drug-likeness (QED) is 0.247. The third-order valence-corrected chi connectivity index (χ3v) is 6.87. The zero-order valence-corrected chi connectivity index (χ0v) is 19.0. The van der Waals surface area contributed by atoms with E-state index in [0.29, 0.717) is 25.7 Å². The second-order valence-corrected chi connectivity index (χ2v) is 9.53. The fourth-order valence-electron chi connectivity index (χ4n) is 2.80. The average molecular weight is 488 g/mol. The van der Waals surface area contributed by atoms with Crippen LogP contribution in [0.1, 0.15) is 21.7 Å². The number of anilines is 1. The van der Waals surface area contributed by atoms with E-state index in [0.717, 1.165) is 16.4 Å². The Kier molecular flexibility index (Phi) is 6.52. The topological polar surface area (TPSA) is 70.8 Å². The predicted octanol–water partition coefficient (Wildman–Crippen LogP) is 6.33. The molecule has 3 aromatic rings. The molecule has 4 rings (SSSR count). The van der Waals surface area contributed by atoms with Crippen LogP contribution in [0.5, 0.6) is 0 Å². The van der Waals surface area contributed by atoms with E-state index in [9.17, 15) is 9.59 Å². The van der Waals surface area contributed by atoms with E-state index in [4.69, 9.17) is 33.3 Å². The van der Waals surface area contributed by atoms with Gasteiger partial charge in [-0.15, -0.1) is 0 Å². The normalized spacial score (nSPS) is 15.1. The molecule has 156 valence electrons. The number of hydrogen-bond acceptors (Lipinski definition) is 6. The lowest BCUT2D eigenvalue weighted by Crippen LogP contribution is -2.27. The standard InChI is InChI=1S/C22H14ClNO4S3/c23-15-5-1-13(2-6-15)12-30-19-10-9-17(28-19)11-18-20(25)24(22(29)31-18)16-7-3-14(4-8-16)21(26)27/h1-11H,12H2,(H,26,27). The number of rotatable bonds is 6. The first-order chi connectivity index (χ1) is 14.9. The van der Waals surface area contributed by atoms with E-state index in [-0.39, 0.29) is 11.5 Å². The van der Waals surface area contributed by atoms with Gasteiger partial charge in [0.15, 0.2) is 9.41 Å². The number of benzene rings is 2. The number of furan rings is 1. The minimum atomic E-state index is -1.03. The van der Waals surface area contributed by atoms with Crippen molar-refractivity contribution in [1.82, 2.24) is 0 Å². The molecule has 0 radical (unpaired) electrons. The van der Waals surface area contributed by atoms with Crippen LogP contribution in [0.15, 0.2) is 75.1 Å². The summed E-state index contributed by atoms with van der Waals surface area (Å²) in [5.41, 5.74) is 1.79. The fourth-order valence-corrected chi connectivity index (χ4v) is 5.02. The second-order valence-electron chi connectivity index (χ2n) is 6.44. The molecule has 2 heterocycles. The van der Waals surface area contributed by atoms with E-state index >= 15 is 0 Å². The van der Waals surface area contributed by atoms with E-state index in [2.05, 4.69) is 0 Å². The summed E-state index contributed by atoms with van der Waals surface area (Å²) < 4.78 is 6.20. The molecule has 0 unspecified atom stereocenters. The molecule has 0 saturated carbocycles. The maximum absolute atomic E-state index is 12.9. The van der Waals surface area contributed by atoms with Gasteiger partial charge in [0.25, 0.3) is 5.91 Å². The van der Waals surface area contributed by atoms with Crippen LogP contribution in [-0.2, 0) is 10.5 Å². The minimum Gasteiger partial charge on any atom is -0.478 e. The highest BCUT2D eigenvalue weighted by Crippen LogP contribution is 2.37. The molecule has 1 aliphatic heterocycles. The highest BCUT2D eigenvalue weighted by Gasteiger charge is 2.33. The fraction of sp³-hybridized carbons (Fsp3) is 0.0455. The van der Waals surface area contributed by atoms with Gasteiger partial charge in [0.1, 0.15) is 5.76 Å². The van der Waals surface area contributed by atoms with Gasteiger partial charge < -0.3 is 9.52 Å². The zero-order chi connectivity index (χ0) is 22.0. The Bertz CT molecular complexity index is 1190. The van der Waals surface area contributed by atoms with Crippen LogP contribution < -0.4 is 4.90 Å². The Hall–Kier alpha value is -2.52. The Morgan fingerprint density at radius 1 is 1.13 bits per heavy atom. The van der Waals surface area contributed by atoms with Crippen molar-refractivity contribution < 1.29 is 19.1 Å². The highest BCUT2D eigenvalue weighted by molar-refractivity contribution is 8.27. The van der Waals surface area contributed by atoms with Crippen molar-refractivity contribution in [1.29, 1.82) is 0 Å². The molecule has 0 bridgehead atoms. The van der Waals surface area contributed by atoms with Crippen molar-refractivity contribution in [3.63, 3.8) is 0 Å². The number of carbonyl (C=O) groups is 2. The minimum absolute atomic E-state index is 0.143. The predicted molar refractivity (Wildman–Crippen MR) is 129 cm³/mol. The van der Waals surface area contributed by atoms with Crippen molar-refractivity contribution >= 4 is 75.3 Å². The summed E-state index contributed by atoms with van der Waals surface area (Å²) in [6.07, 6.45) is 1.66. The number of hydrogen-bond donors (Lipinski definition) is 1. The molecule has 1 aromatic heterocycles. The molecule has 31 heavy (non-hydrogen) atoms. The number of nitrogens with zero attached hydrogens (tertiary/aromatic N) is 1. The van der Waals surface area contributed by atoms with Crippen LogP contribution >= 0.6 is 47.3 Å². The summed E-state index contributed by atoms with van der Waals surface area (Å²) in [6, 6.07) is 17.3. The molecule has 5 nitrogen and oxygen atoms in total. The number of halogens is 1. The van der Waals surface area contributed by atoms with E-state index in [1.165, 1.54) is 28.8 Å². The monoisotopic (exact) mass is 487 g/mol. The van der Waals surface area contributed by atoms with Gasteiger partial charge >= 0.3 is 5.97 Å². The molecule has 1 N–H and O–H groups in total. The number of thiocarbonyl (C=S) groups is 1. The van der Waals surface area contributed by atoms with Crippen LogP contribution in [0.4, 0.5) is 5.69 Å². The SMILES string of the molecule is O=C(O)c1ccc(N2C(=O)C(=Cc3ccc(SCc4ccc(Cl)cc4)o3)SC2=S)cc1. The summed E-state index contributed by atoms with van der Waals surface area (Å²) in [6.45, 7) is 0. The molecule has 9 heteroatoms. The van der Waals surface area contributed by atoms with Crippen LogP contribution in [0.3, 0.4) is 0 Å². The van der Waals surface area contributed by atoms with E-state index in [1.54, 1.807) is 36.0 Å². The lowest BCUT2D eigenvalue weighted by Gasteiger charge is -2.14. The second kappa shape index (κ2) is 9.32. The lowest BCUT2D eigenvalue weighted by atomic mass is 10.2. The maximum atomic E-state index is 12.9. The van der Waals surface area contributed by atoms with Crippen molar-refractivity contribution in [2.24, 2.45) is 0 Å². The number of carboxylic acids is 1. The Labute approximate surface area is 197 Å². The van der Waals surface area contributed by atoms with Gasteiger partial charge in [-0.2, -0.15) is 0 Å². The number of carboxylic acid groups (broad SMARTS) is 1. The molecule has 1 amide bonds. The summed E-state index contributed by atoms with van der Waals surface area (Å²) >= 11 is 14.0. The molecule has 0 spiro atoms. The van der Waals surface area contributed by atoms with Crippen LogP contribution in [-0.4, -0.2) is 21.3 Å². The Balaban J connectivity index is 1.45. The number of aromatic carboxylic acids is 1. The van der Waals surface area contributed by atoms with Crippen molar-refractivity contribution in [3.8, 4) is 0 Å². The summed E-state index contributed by atoms with van der Waals surface area (Å²) in [4.78, 5) is 25.7. The van der Waals surface area contributed by atoms with Crippen molar-refractivity contribution in [2.45, 2.75) is 10.8 Å². The van der Waals surface area contributed by atoms with Gasteiger partial charge in [-0.25, -0.2) is 4.79 Å². The number of thioether (sulfide) groups is 2. The molecular formula is C22H14ClNO4S3. The summed E-state index contributed by atoms with van der Waals surface area (Å²) in [5, 5.41) is 10.5. The molecular weight excluding hydrogens is 474 g/mol. The maximum Gasteiger partial charge on any atom is 0.335 e. The zero-order valence-electron chi connectivity index (χ0n) is 15.8. The molecule has 0 atom stereocenters. The average Bonchev–Trinajstić information content (AvgIpc) is 3.31. The molecule has 0 aliphatic carbocycles. The van der Waals surface area contributed by atoms with E-state index in [1.807, 2.05) is 30.3 Å².